The average Bonchev–Trinajstić information content (AvgIpc) is 2.90. The van der Waals surface area contributed by atoms with Crippen molar-refractivity contribution in [3.63, 3.8) is 0 Å². The number of hydrogen-bond donors (Lipinski definition) is 1. The Labute approximate surface area is 165 Å². The Morgan fingerprint density at radius 2 is 1.57 bits per heavy atom. The summed E-state index contributed by atoms with van der Waals surface area (Å²) in [5, 5.41) is 2.48. The second-order valence-electron chi connectivity index (χ2n) is 7.57. The number of alkyl carbamates (subject to hydrolysis) is 1. The van der Waals surface area contributed by atoms with Gasteiger partial charge in [0.15, 0.2) is 6.61 Å². The zero-order valence-corrected chi connectivity index (χ0v) is 16.8. The van der Waals surface area contributed by atoms with Gasteiger partial charge in [-0.05, 0) is 39.3 Å². The molecule has 1 aromatic rings. The summed E-state index contributed by atoms with van der Waals surface area (Å²) in [6, 6.07) is 9.18. The molecule has 0 spiro atoms. The molecule has 0 aromatic heterocycles. The maximum Gasteiger partial charge on any atom is 0.408 e. The van der Waals surface area contributed by atoms with E-state index in [0.29, 0.717) is 38.3 Å². The number of hydrogen-bond acceptors (Lipinski definition) is 5. The fourth-order valence-corrected chi connectivity index (χ4v) is 2.74. The molecule has 0 radical (unpaired) electrons. The predicted molar refractivity (Wildman–Crippen MR) is 104 cm³/mol. The molecule has 0 aliphatic carbocycles. The van der Waals surface area contributed by atoms with Gasteiger partial charge in [-0.25, -0.2) is 4.79 Å². The van der Waals surface area contributed by atoms with Crippen LogP contribution in [0, 0.1) is 0 Å². The van der Waals surface area contributed by atoms with Crippen molar-refractivity contribution in [1.29, 1.82) is 0 Å². The van der Waals surface area contributed by atoms with Gasteiger partial charge in [0.1, 0.15) is 17.9 Å². The highest BCUT2D eigenvalue weighted by atomic mass is 16.6. The third kappa shape index (κ3) is 7.46. The SMILES string of the molecule is CC(C)(C)OC(=O)NCC(=O)N1CCCN(C(=O)COc2ccccc2)CC1. The Hall–Kier alpha value is -2.77. The van der Waals surface area contributed by atoms with Gasteiger partial charge in [0.05, 0.1) is 0 Å². The lowest BCUT2D eigenvalue weighted by molar-refractivity contribution is -0.134. The molecule has 1 aromatic carbocycles. The van der Waals surface area contributed by atoms with Crippen LogP contribution >= 0.6 is 0 Å². The van der Waals surface area contributed by atoms with Crippen LogP contribution in [0.2, 0.25) is 0 Å². The van der Waals surface area contributed by atoms with E-state index in [9.17, 15) is 14.4 Å². The van der Waals surface area contributed by atoms with Crippen molar-refractivity contribution in [2.75, 3.05) is 39.3 Å². The molecule has 1 N–H and O–H groups in total. The largest absolute Gasteiger partial charge is 0.484 e. The third-order valence-electron chi connectivity index (χ3n) is 4.09. The lowest BCUT2D eigenvalue weighted by Gasteiger charge is -2.23. The number of benzene rings is 1. The summed E-state index contributed by atoms with van der Waals surface area (Å²) in [6.07, 6.45) is 0.0560. The molecular formula is C20H29N3O5. The van der Waals surface area contributed by atoms with Crippen LogP contribution in [0.5, 0.6) is 5.75 Å². The molecule has 1 heterocycles. The number of nitrogens with zero attached hydrogens (tertiary/aromatic N) is 2. The van der Waals surface area contributed by atoms with Crippen LogP contribution in [-0.2, 0) is 14.3 Å². The van der Waals surface area contributed by atoms with Crippen LogP contribution in [0.3, 0.4) is 0 Å². The molecule has 8 nitrogen and oxygen atoms in total. The molecule has 3 amide bonds. The van der Waals surface area contributed by atoms with Gasteiger partial charge >= 0.3 is 6.09 Å². The van der Waals surface area contributed by atoms with E-state index in [1.54, 1.807) is 42.7 Å². The second-order valence-corrected chi connectivity index (χ2v) is 7.57. The first-order chi connectivity index (χ1) is 13.2. The van der Waals surface area contributed by atoms with Crippen molar-refractivity contribution < 1.29 is 23.9 Å². The number of carbonyl (C=O) groups excluding carboxylic acids is 3. The Kier molecular flexibility index (Phi) is 7.66. The molecule has 1 saturated heterocycles. The highest BCUT2D eigenvalue weighted by molar-refractivity contribution is 5.82. The Balaban J connectivity index is 1.75. The monoisotopic (exact) mass is 391 g/mol. The molecule has 28 heavy (non-hydrogen) atoms. The quantitative estimate of drug-likeness (QED) is 0.825. The molecule has 154 valence electrons. The highest BCUT2D eigenvalue weighted by Crippen LogP contribution is 2.10. The first-order valence-corrected chi connectivity index (χ1v) is 9.45. The molecule has 0 bridgehead atoms. The Bertz CT molecular complexity index is 672. The fourth-order valence-electron chi connectivity index (χ4n) is 2.74. The lowest BCUT2D eigenvalue weighted by Crippen LogP contribution is -2.44. The van der Waals surface area contributed by atoms with Gasteiger partial charge in [0.25, 0.3) is 5.91 Å². The van der Waals surface area contributed by atoms with E-state index in [1.165, 1.54) is 0 Å². The van der Waals surface area contributed by atoms with E-state index in [2.05, 4.69) is 5.32 Å². The zero-order valence-electron chi connectivity index (χ0n) is 16.8. The fraction of sp³-hybridized carbons (Fsp3) is 0.550. The van der Waals surface area contributed by atoms with E-state index >= 15 is 0 Å². The summed E-state index contributed by atoms with van der Waals surface area (Å²) < 4.78 is 10.6. The minimum atomic E-state index is -0.620. The number of rotatable bonds is 5. The predicted octanol–water partition coefficient (Wildman–Crippen LogP) is 1.65. The molecule has 2 rings (SSSR count). The van der Waals surface area contributed by atoms with E-state index in [1.807, 2.05) is 18.2 Å². The van der Waals surface area contributed by atoms with Gasteiger partial charge in [-0.3, -0.25) is 9.59 Å². The number of para-hydroxylation sites is 1. The number of amides is 3. The van der Waals surface area contributed by atoms with Gasteiger partial charge in [-0.1, -0.05) is 18.2 Å². The summed E-state index contributed by atoms with van der Waals surface area (Å²) in [7, 11) is 0. The normalized spacial score (nSPS) is 14.8. The molecule has 8 heteroatoms. The van der Waals surface area contributed by atoms with Crippen LogP contribution in [0.15, 0.2) is 30.3 Å². The van der Waals surface area contributed by atoms with E-state index in [4.69, 9.17) is 9.47 Å². The molecular weight excluding hydrogens is 362 g/mol. The van der Waals surface area contributed by atoms with Crippen LogP contribution in [0.1, 0.15) is 27.2 Å². The van der Waals surface area contributed by atoms with Crippen LogP contribution in [0.4, 0.5) is 4.79 Å². The van der Waals surface area contributed by atoms with Crippen molar-refractivity contribution in [2.45, 2.75) is 32.8 Å². The van der Waals surface area contributed by atoms with Gasteiger partial charge < -0.3 is 24.6 Å². The third-order valence-corrected chi connectivity index (χ3v) is 4.09. The van der Waals surface area contributed by atoms with E-state index in [-0.39, 0.29) is 25.0 Å². The van der Waals surface area contributed by atoms with Crippen LogP contribution in [0.25, 0.3) is 0 Å². The molecule has 0 saturated carbocycles. The molecule has 1 fully saturated rings. The maximum atomic E-state index is 12.4. The second kappa shape index (κ2) is 9.96. The maximum absolute atomic E-state index is 12.4. The van der Waals surface area contributed by atoms with Crippen molar-refractivity contribution in [1.82, 2.24) is 15.1 Å². The van der Waals surface area contributed by atoms with Crippen LogP contribution in [-0.4, -0.2) is 72.6 Å². The van der Waals surface area contributed by atoms with E-state index in [0.717, 1.165) is 0 Å². The topological polar surface area (TPSA) is 88.2 Å². The average molecular weight is 391 g/mol. The number of ether oxygens (including phenoxy) is 2. The summed E-state index contributed by atoms with van der Waals surface area (Å²) in [4.78, 5) is 39.7. The van der Waals surface area contributed by atoms with Crippen LogP contribution < -0.4 is 10.1 Å². The van der Waals surface area contributed by atoms with Gasteiger partial charge in [0.2, 0.25) is 5.91 Å². The minimum absolute atomic E-state index is 0.0296. The molecule has 1 aliphatic rings. The van der Waals surface area contributed by atoms with Crippen molar-refractivity contribution in [3.8, 4) is 5.75 Å². The van der Waals surface area contributed by atoms with Crippen molar-refractivity contribution in [2.24, 2.45) is 0 Å². The number of carbonyl (C=O) groups is 3. The summed E-state index contributed by atoms with van der Waals surface area (Å²) in [5.74, 6) is 0.349. The smallest absolute Gasteiger partial charge is 0.408 e. The van der Waals surface area contributed by atoms with E-state index < -0.39 is 11.7 Å². The first kappa shape index (κ1) is 21.5. The number of nitrogens with one attached hydrogen (secondary N) is 1. The lowest BCUT2D eigenvalue weighted by atomic mass is 10.2. The molecule has 0 unspecified atom stereocenters. The zero-order chi connectivity index (χ0) is 20.6. The summed E-state index contributed by atoms with van der Waals surface area (Å²) in [6.45, 7) is 7.10. The first-order valence-electron chi connectivity index (χ1n) is 9.45. The van der Waals surface area contributed by atoms with Gasteiger partial charge in [0, 0.05) is 26.2 Å². The standard InChI is InChI=1S/C20H29N3O5/c1-20(2,3)28-19(26)21-14-17(24)22-10-7-11-23(13-12-22)18(25)15-27-16-8-5-4-6-9-16/h4-6,8-9H,7,10-15H2,1-3H3,(H,21,26). The van der Waals surface area contributed by atoms with Crippen molar-refractivity contribution >= 4 is 17.9 Å². The Morgan fingerprint density at radius 1 is 0.964 bits per heavy atom. The highest BCUT2D eigenvalue weighted by Gasteiger charge is 2.23. The van der Waals surface area contributed by atoms with Gasteiger partial charge in [-0.2, -0.15) is 0 Å². The van der Waals surface area contributed by atoms with Crippen molar-refractivity contribution in [3.05, 3.63) is 30.3 Å². The van der Waals surface area contributed by atoms with Gasteiger partial charge in [-0.15, -0.1) is 0 Å². The molecule has 1 aliphatic heterocycles. The Morgan fingerprint density at radius 3 is 2.18 bits per heavy atom. The molecule has 0 atom stereocenters. The summed E-state index contributed by atoms with van der Waals surface area (Å²) in [5.41, 5.74) is -0.613. The minimum Gasteiger partial charge on any atom is -0.484 e. The summed E-state index contributed by atoms with van der Waals surface area (Å²) >= 11 is 0.